The zero-order valence-corrected chi connectivity index (χ0v) is 31.5. The van der Waals surface area contributed by atoms with Crippen LogP contribution >= 0.6 is 0 Å². The Labute approximate surface area is 319 Å². The van der Waals surface area contributed by atoms with E-state index in [1.807, 2.05) is 0 Å². The van der Waals surface area contributed by atoms with Gasteiger partial charge in [0, 0.05) is 44.7 Å². The predicted molar refractivity (Wildman–Crippen MR) is 229 cm³/mol. The van der Waals surface area contributed by atoms with Crippen LogP contribution in [0.25, 0.3) is 33.0 Å². The van der Waals surface area contributed by atoms with Gasteiger partial charge in [-0.15, -0.1) is 0 Å². The molecule has 0 saturated heterocycles. The van der Waals surface area contributed by atoms with Gasteiger partial charge < -0.3 is 9.80 Å². The van der Waals surface area contributed by atoms with Gasteiger partial charge in [0.15, 0.2) is 0 Å². The molecule has 2 heteroatoms. The molecule has 7 aromatic carbocycles. The maximum atomic E-state index is 2.50. The maximum absolute atomic E-state index is 2.50. The van der Waals surface area contributed by atoms with Gasteiger partial charge in [0.2, 0.25) is 0 Å². The highest BCUT2D eigenvalue weighted by molar-refractivity contribution is 6.10. The first-order valence-electron chi connectivity index (χ1n) is 19.3. The lowest BCUT2D eigenvalue weighted by Gasteiger charge is -2.32. The monoisotopic (exact) mass is 696 g/mol. The lowest BCUT2D eigenvalue weighted by molar-refractivity contribution is 0.601. The van der Waals surface area contributed by atoms with Crippen molar-refractivity contribution in [2.75, 3.05) is 9.80 Å². The van der Waals surface area contributed by atoms with E-state index in [9.17, 15) is 0 Å². The van der Waals surface area contributed by atoms with Crippen molar-refractivity contribution in [3.8, 4) is 22.3 Å². The molecule has 3 aliphatic rings. The topological polar surface area (TPSA) is 6.48 Å². The molecule has 0 bridgehead atoms. The van der Waals surface area contributed by atoms with E-state index < -0.39 is 0 Å². The molecule has 3 aliphatic carbocycles. The first-order chi connectivity index (χ1) is 26.3. The molecule has 54 heavy (non-hydrogen) atoms. The summed E-state index contributed by atoms with van der Waals surface area (Å²) < 4.78 is 0. The molecule has 0 heterocycles. The van der Waals surface area contributed by atoms with E-state index in [1.54, 1.807) is 0 Å². The number of hydrogen-bond donors (Lipinski definition) is 0. The fourth-order valence-electron chi connectivity index (χ4n) is 9.77. The minimum Gasteiger partial charge on any atom is -0.314 e. The summed E-state index contributed by atoms with van der Waals surface area (Å²) in [4.78, 5) is 4.90. The summed E-state index contributed by atoms with van der Waals surface area (Å²) >= 11 is 0. The average Bonchev–Trinajstić information content (AvgIpc) is 3.58. The summed E-state index contributed by atoms with van der Waals surface area (Å²) in [7, 11) is 0. The fourth-order valence-corrected chi connectivity index (χ4v) is 9.77. The Morgan fingerprint density at radius 2 is 1.00 bits per heavy atom. The molecule has 0 fully saturated rings. The number of benzene rings is 7. The fraction of sp³-hybridized carbons (Fsp3) is 0.154. The smallest absolute Gasteiger partial charge is 0.0543 e. The SMILES string of the molecule is CC1(C)c2cc(N(C3=CC=CCC3)c3ccccc3)ccc2-c2ccc3c(c21)C(C)(C)c1cc(N(c2ccccc2)c2ccccc2)c2ccccc2c1-3. The lowest BCUT2D eigenvalue weighted by atomic mass is 9.72. The molecule has 0 atom stereocenters. The van der Waals surface area contributed by atoms with Gasteiger partial charge in [0.1, 0.15) is 0 Å². The number of anilines is 5. The molecule has 0 unspecified atom stereocenters. The van der Waals surface area contributed by atoms with Gasteiger partial charge in [-0.3, -0.25) is 0 Å². The zero-order chi connectivity index (χ0) is 36.6. The number of hydrogen-bond acceptors (Lipinski definition) is 2. The first kappa shape index (κ1) is 32.5. The minimum atomic E-state index is -0.231. The summed E-state index contributed by atoms with van der Waals surface area (Å²) in [6.07, 6.45) is 8.84. The van der Waals surface area contributed by atoms with Gasteiger partial charge in [-0.05, 0) is 123 Å². The first-order valence-corrected chi connectivity index (χ1v) is 19.3. The van der Waals surface area contributed by atoms with E-state index in [1.165, 1.54) is 78.0 Å². The van der Waals surface area contributed by atoms with Crippen LogP contribution in [0.5, 0.6) is 0 Å². The second-order valence-corrected chi connectivity index (χ2v) is 16.1. The van der Waals surface area contributed by atoms with Crippen molar-refractivity contribution in [3.05, 3.63) is 198 Å². The molecule has 262 valence electrons. The van der Waals surface area contributed by atoms with Gasteiger partial charge in [-0.1, -0.05) is 137 Å². The molecule has 7 aromatic rings. The molecular weight excluding hydrogens is 653 g/mol. The number of fused-ring (bicyclic) bond motifs is 9. The second kappa shape index (κ2) is 12.2. The number of rotatable bonds is 6. The van der Waals surface area contributed by atoms with Crippen molar-refractivity contribution in [1.29, 1.82) is 0 Å². The van der Waals surface area contributed by atoms with Crippen molar-refractivity contribution in [1.82, 2.24) is 0 Å². The van der Waals surface area contributed by atoms with Crippen LogP contribution in [0.1, 0.15) is 62.8 Å². The van der Waals surface area contributed by atoms with Gasteiger partial charge >= 0.3 is 0 Å². The van der Waals surface area contributed by atoms with Crippen LogP contribution in [0.3, 0.4) is 0 Å². The highest BCUT2D eigenvalue weighted by Crippen LogP contribution is 2.61. The average molecular weight is 697 g/mol. The summed E-state index contributed by atoms with van der Waals surface area (Å²) in [6.45, 7) is 9.81. The Morgan fingerprint density at radius 1 is 0.463 bits per heavy atom. The van der Waals surface area contributed by atoms with Crippen LogP contribution in [0.4, 0.5) is 28.4 Å². The van der Waals surface area contributed by atoms with Crippen LogP contribution in [-0.4, -0.2) is 0 Å². The molecule has 0 aromatic heterocycles. The molecule has 2 nitrogen and oxygen atoms in total. The van der Waals surface area contributed by atoms with E-state index in [2.05, 4.69) is 207 Å². The van der Waals surface area contributed by atoms with Crippen LogP contribution in [0.2, 0.25) is 0 Å². The number of nitrogens with zero attached hydrogens (tertiary/aromatic N) is 2. The second-order valence-electron chi connectivity index (χ2n) is 16.1. The van der Waals surface area contributed by atoms with E-state index in [-0.39, 0.29) is 10.8 Å². The normalized spacial score (nSPS) is 15.6. The van der Waals surface area contributed by atoms with E-state index in [4.69, 9.17) is 0 Å². The molecule has 10 rings (SSSR count). The predicted octanol–water partition coefficient (Wildman–Crippen LogP) is 14.3. The summed E-state index contributed by atoms with van der Waals surface area (Å²) in [5.41, 5.74) is 18.0. The highest BCUT2D eigenvalue weighted by atomic mass is 15.2. The van der Waals surface area contributed by atoms with Crippen LogP contribution in [0, 0.1) is 0 Å². The molecule has 0 saturated carbocycles. The highest BCUT2D eigenvalue weighted by Gasteiger charge is 2.47. The molecular formula is C52H44N2. The lowest BCUT2D eigenvalue weighted by Crippen LogP contribution is -2.24. The molecule has 0 aliphatic heterocycles. The van der Waals surface area contributed by atoms with E-state index >= 15 is 0 Å². The Hall–Kier alpha value is -6.12. The van der Waals surface area contributed by atoms with E-state index in [0.29, 0.717) is 0 Å². The quantitative estimate of drug-likeness (QED) is 0.171. The van der Waals surface area contributed by atoms with Gasteiger partial charge in [-0.25, -0.2) is 0 Å². The van der Waals surface area contributed by atoms with Gasteiger partial charge in [-0.2, -0.15) is 0 Å². The minimum absolute atomic E-state index is 0.201. The summed E-state index contributed by atoms with van der Waals surface area (Å²) in [5, 5.41) is 2.56. The molecule has 0 spiro atoms. The van der Waals surface area contributed by atoms with Crippen LogP contribution in [-0.2, 0) is 10.8 Å². The zero-order valence-electron chi connectivity index (χ0n) is 31.5. The van der Waals surface area contributed by atoms with Crippen molar-refractivity contribution in [2.45, 2.75) is 51.4 Å². The van der Waals surface area contributed by atoms with Crippen molar-refractivity contribution in [2.24, 2.45) is 0 Å². The van der Waals surface area contributed by atoms with Crippen molar-refractivity contribution < 1.29 is 0 Å². The van der Waals surface area contributed by atoms with E-state index in [0.717, 1.165) is 24.2 Å². The maximum Gasteiger partial charge on any atom is 0.0543 e. The molecule has 0 amide bonds. The van der Waals surface area contributed by atoms with Gasteiger partial charge in [0.25, 0.3) is 0 Å². The summed E-state index contributed by atoms with van der Waals surface area (Å²) in [6, 6.07) is 56.1. The third-order valence-electron chi connectivity index (χ3n) is 12.2. The summed E-state index contributed by atoms with van der Waals surface area (Å²) in [5.74, 6) is 0. The standard InChI is InChI=1S/C52H44N2/c1-51(2)45-33-39(53(35-19-9-5-10-20-35)36-21-11-6-12-22-36)29-30-40(45)43-31-32-44-48-42-28-18-17-27-41(42)47(34-46(48)52(3,4)50(44)49(43)51)54(37-23-13-7-14-24-37)38-25-15-8-16-26-38/h5-11,13-21,23-34H,12,22H2,1-4H3. The Bertz CT molecular complexity index is 2610. The Balaban J connectivity index is 1.16. The molecule has 0 radical (unpaired) electrons. The third kappa shape index (κ3) is 4.79. The molecule has 0 N–H and O–H groups in total. The Morgan fingerprint density at radius 3 is 1.63 bits per heavy atom. The number of para-hydroxylation sites is 3. The van der Waals surface area contributed by atoms with Crippen LogP contribution < -0.4 is 9.80 Å². The Kier molecular flexibility index (Phi) is 7.36. The van der Waals surface area contributed by atoms with Crippen molar-refractivity contribution >= 4 is 39.2 Å². The van der Waals surface area contributed by atoms with Crippen molar-refractivity contribution in [3.63, 3.8) is 0 Å². The largest absolute Gasteiger partial charge is 0.314 e. The van der Waals surface area contributed by atoms with Gasteiger partial charge in [0.05, 0.1) is 5.69 Å². The third-order valence-corrected chi connectivity index (χ3v) is 12.2. The number of allylic oxidation sites excluding steroid dienone is 4. The van der Waals surface area contributed by atoms with Crippen LogP contribution in [0.15, 0.2) is 176 Å².